The van der Waals surface area contributed by atoms with Crippen LogP contribution in [0.5, 0.6) is 5.75 Å². The molecule has 0 amide bonds. The van der Waals surface area contributed by atoms with Gasteiger partial charge in [0.25, 0.3) is 10.0 Å². The molecule has 0 saturated heterocycles. The van der Waals surface area contributed by atoms with E-state index in [1.54, 1.807) is 37.4 Å². The Kier molecular flexibility index (Phi) is 4.55. The number of nitrogens with two attached hydrogens (primary N) is 1. The Labute approximate surface area is 129 Å². The third-order valence-corrected chi connectivity index (χ3v) is 6.71. The average molecular weight is 326 g/mol. The van der Waals surface area contributed by atoms with Crippen LogP contribution in [0.1, 0.15) is 10.4 Å². The number of anilines is 1. The van der Waals surface area contributed by atoms with Gasteiger partial charge in [0.1, 0.15) is 9.96 Å². The van der Waals surface area contributed by atoms with E-state index in [0.29, 0.717) is 22.2 Å². The van der Waals surface area contributed by atoms with Crippen LogP contribution in [0.2, 0.25) is 0 Å². The highest BCUT2D eigenvalue weighted by Crippen LogP contribution is 2.31. The Morgan fingerprint density at radius 3 is 2.62 bits per heavy atom. The third-order valence-electron chi connectivity index (χ3n) is 3.22. The van der Waals surface area contributed by atoms with Crippen LogP contribution in [0, 0.1) is 6.92 Å². The van der Waals surface area contributed by atoms with E-state index >= 15 is 0 Å². The summed E-state index contributed by atoms with van der Waals surface area (Å²) in [5.74, 6) is 0.611. The highest BCUT2D eigenvalue weighted by atomic mass is 32.2. The van der Waals surface area contributed by atoms with Gasteiger partial charge in [0, 0.05) is 24.5 Å². The molecule has 0 aliphatic carbocycles. The normalized spacial score (nSPS) is 11.4. The van der Waals surface area contributed by atoms with Crippen molar-refractivity contribution in [1.82, 2.24) is 0 Å². The Morgan fingerprint density at radius 2 is 2.05 bits per heavy atom. The quantitative estimate of drug-likeness (QED) is 0.915. The van der Waals surface area contributed by atoms with E-state index in [1.807, 2.05) is 6.92 Å². The molecule has 0 aliphatic rings. The highest BCUT2D eigenvalue weighted by molar-refractivity contribution is 7.94. The molecular weight excluding hydrogens is 308 g/mol. The Morgan fingerprint density at radius 1 is 1.33 bits per heavy atom. The number of ether oxygens (including phenoxy) is 1. The van der Waals surface area contributed by atoms with E-state index in [9.17, 15) is 8.42 Å². The largest absolute Gasteiger partial charge is 0.497 e. The molecule has 1 heterocycles. The van der Waals surface area contributed by atoms with Gasteiger partial charge < -0.3 is 10.5 Å². The minimum Gasteiger partial charge on any atom is -0.497 e. The van der Waals surface area contributed by atoms with E-state index < -0.39 is 10.0 Å². The maximum atomic E-state index is 12.7. The van der Waals surface area contributed by atoms with Gasteiger partial charge in [-0.15, -0.1) is 11.3 Å². The van der Waals surface area contributed by atoms with Crippen LogP contribution in [-0.2, 0) is 16.6 Å². The van der Waals surface area contributed by atoms with Crippen molar-refractivity contribution in [1.29, 1.82) is 0 Å². The maximum Gasteiger partial charge on any atom is 0.273 e. The zero-order chi connectivity index (χ0) is 15.6. The molecule has 114 valence electrons. The summed E-state index contributed by atoms with van der Waals surface area (Å²) in [4.78, 5) is 0.882. The predicted octanol–water partition coefficient (Wildman–Crippen LogP) is 2.35. The second kappa shape index (κ2) is 6.05. The number of aryl methyl sites for hydroxylation is 1. The Balaban J connectivity index is 2.41. The summed E-state index contributed by atoms with van der Waals surface area (Å²) in [6.45, 7) is 2.21. The number of thiophene rings is 1. The second-order valence-electron chi connectivity index (χ2n) is 4.55. The number of nitrogens with zero attached hydrogens (tertiary/aromatic N) is 1. The zero-order valence-corrected chi connectivity index (χ0v) is 13.8. The highest BCUT2D eigenvalue weighted by Gasteiger charge is 2.24. The molecule has 5 nitrogen and oxygen atoms in total. The lowest BCUT2D eigenvalue weighted by Gasteiger charge is -2.18. The van der Waals surface area contributed by atoms with Gasteiger partial charge in [-0.25, -0.2) is 8.42 Å². The van der Waals surface area contributed by atoms with Gasteiger partial charge in [0.05, 0.1) is 12.8 Å². The fraction of sp³-hybridized carbons (Fsp3) is 0.286. The maximum absolute atomic E-state index is 12.7. The summed E-state index contributed by atoms with van der Waals surface area (Å²) in [5, 5.41) is 0. The standard InChI is InChI=1S/C14H18N2O3S2/c1-10-7-14(20-13(10)9-15)21(17,18)16(2)11-5-4-6-12(8-11)19-3/h4-8H,9,15H2,1-3H3. The molecule has 2 N–H and O–H groups in total. The van der Waals surface area contributed by atoms with Crippen LogP contribution in [-0.4, -0.2) is 22.6 Å². The van der Waals surface area contributed by atoms with Crippen LogP contribution < -0.4 is 14.8 Å². The van der Waals surface area contributed by atoms with Crippen molar-refractivity contribution in [2.24, 2.45) is 5.73 Å². The molecule has 21 heavy (non-hydrogen) atoms. The lowest BCUT2D eigenvalue weighted by molar-refractivity contribution is 0.415. The zero-order valence-electron chi connectivity index (χ0n) is 12.2. The summed E-state index contributed by atoms with van der Waals surface area (Å²) in [6, 6.07) is 8.60. The first-order valence-electron chi connectivity index (χ1n) is 6.32. The number of sulfonamides is 1. The molecule has 1 aromatic carbocycles. The minimum absolute atomic E-state index is 0.297. The second-order valence-corrected chi connectivity index (χ2v) is 7.88. The Bertz CT molecular complexity index is 738. The lowest BCUT2D eigenvalue weighted by Crippen LogP contribution is -2.25. The van der Waals surface area contributed by atoms with Crippen molar-refractivity contribution in [2.45, 2.75) is 17.7 Å². The third kappa shape index (κ3) is 3.04. The molecule has 0 bridgehead atoms. The van der Waals surface area contributed by atoms with Crippen molar-refractivity contribution >= 4 is 27.0 Å². The average Bonchev–Trinajstić information content (AvgIpc) is 2.88. The van der Waals surface area contributed by atoms with Crippen molar-refractivity contribution < 1.29 is 13.2 Å². The molecule has 0 unspecified atom stereocenters. The molecule has 2 rings (SSSR count). The fourth-order valence-corrected chi connectivity index (χ4v) is 4.73. The van der Waals surface area contributed by atoms with Crippen LogP contribution >= 0.6 is 11.3 Å². The summed E-state index contributed by atoms with van der Waals surface area (Å²) in [7, 11) is -0.514. The predicted molar refractivity (Wildman–Crippen MR) is 85.5 cm³/mol. The van der Waals surface area contributed by atoms with E-state index in [2.05, 4.69) is 0 Å². The van der Waals surface area contributed by atoms with Crippen LogP contribution in [0.4, 0.5) is 5.69 Å². The van der Waals surface area contributed by atoms with Crippen molar-refractivity contribution in [3.05, 3.63) is 40.8 Å². The monoisotopic (exact) mass is 326 g/mol. The van der Waals surface area contributed by atoms with Crippen molar-refractivity contribution in [2.75, 3.05) is 18.5 Å². The first-order valence-corrected chi connectivity index (χ1v) is 8.58. The van der Waals surface area contributed by atoms with Gasteiger partial charge >= 0.3 is 0 Å². The molecule has 0 aliphatic heterocycles. The minimum atomic E-state index is -3.59. The van der Waals surface area contributed by atoms with Crippen LogP contribution in [0.15, 0.2) is 34.5 Å². The van der Waals surface area contributed by atoms with Crippen molar-refractivity contribution in [3.63, 3.8) is 0 Å². The van der Waals surface area contributed by atoms with Crippen LogP contribution in [0.25, 0.3) is 0 Å². The molecule has 0 saturated carbocycles. The topological polar surface area (TPSA) is 72.6 Å². The molecule has 1 aromatic heterocycles. The molecule has 7 heteroatoms. The van der Waals surface area contributed by atoms with Crippen LogP contribution in [0.3, 0.4) is 0 Å². The molecule has 0 atom stereocenters. The van der Waals surface area contributed by atoms with Gasteiger partial charge in [0.15, 0.2) is 0 Å². The molecule has 0 fully saturated rings. The molecule has 2 aromatic rings. The summed E-state index contributed by atoms with van der Waals surface area (Å²) >= 11 is 1.21. The number of rotatable bonds is 5. The molecule has 0 spiro atoms. The SMILES string of the molecule is COc1cccc(N(C)S(=O)(=O)c2cc(C)c(CN)s2)c1. The fourth-order valence-electron chi connectivity index (χ4n) is 1.90. The number of hydrogen-bond acceptors (Lipinski definition) is 5. The van der Waals surface area contributed by atoms with Gasteiger partial charge in [-0.2, -0.15) is 0 Å². The van der Waals surface area contributed by atoms with E-state index in [0.717, 1.165) is 10.4 Å². The first-order chi connectivity index (χ1) is 9.90. The number of methoxy groups -OCH3 is 1. The number of hydrogen-bond donors (Lipinski definition) is 1. The number of benzene rings is 1. The lowest BCUT2D eigenvalue weighted by atomic mass is 10.3. The van der Waals surface area contributed by atoms with E-state index in [4.69, 9.17) is 10.5 Å². The van der Waals surface area contributed by atoms with Gasteiger partial charge in [-0.1, -0.05) is 6.07 Å². The van der Waals surface area contributed by atoms with Gasteiger partial charge in [-0.3, -0.25) is 4.31 Å². The summed E-state index contributed by atoms with van der Waals surface area (Å²) in [5.41, 5.74) is 7.07. The van der Waals surface area contributed by atoms with E-state index in [1.165, 1.54) is 22.7 Å². The van der Waals surface area contributed by atoms with E-state index in [-0.39, 0.29) is 0 Å². The summed E-state index contributed by atoms with van der Waals surface area (Å²) in [6.07, 6.45) is 0. The van der Waals surface area contributed by atoms with Crippen molar-refractivity contribution in [3.8, 4) is 5.75 Å². The van der Waals surface area contributed by atoms with Gasteiger partial charge in [0.2, 0.25) is 0 Å². The smallest absolute Gasteiger partial charge is 0.273 e. The molecular formula is C14H18N2O3S2. The summed E-state index contributed by atoms with van der Waals surface area (Å²) < 4.78 is 32.0. The molecule has 0 radical (unpaired) electrons. The van der Waals surface area contributed by atoms with Gasteiger partial charge in [-0.05, 0) is 30.7 Å². The Hall–Kier alpha value is -1.57. The first kappa shape index (κ1) is 15.8.